The predicted molar refractivity (Wildman–Crippen MR) is 91.7 cm³/mol. The van der Waals surface area contributed by atoms with Crippen LogP contribution in [0.2, 0.25) is 0 Å². The van der Waals surface area contributed by atoms with Crippen molar-refractivity contribution in [1.82, 2.24) is 9.38 Å². The molecule has 4 nitrogen and oxygen atoms in total. The zero-order chi connectivity index (χ0) is 15.1. The summed E-state index contributed by atoms with van der Waals surface area (Å²) in [5, 5.41) is 0. The van der Waals surface area contributed by atoms with Crippen molar-refractivity contribution in [1.29, 1.82) is 0 Å². The van der Waals surface area contributed by atoms with Gasteiger partial charge in [-0.05, 0) is 68.6 Å². The van der Waals surface area contributed by atoms with Crippen molar-refractivity contribution in [2.24, 2.45) is 0 Å². The highest BCUT2D eigenvalue weighted by molar-refractivity contribution is 9.10. The van der Waals surface area contributed by atoms with Gasteiger partial charge in [-0.25, -0.2) is 4.98 Å². The smallest absolute Gasteiger partial charge is 0.139 e. The van der Waals surface area contributed by atoms with Gasteiger partial charge in [0.15, 0.2) is 0 Å². The molecule has 0 saturated carbocycles. The highest BCUT2D eigenvalue weighted by Gasteiger charge is 2.14. The van der Waals surface area contributed by atoms with E-state index in [0.29, 0.717) is 5.82 Å². The van der Waals surface area contributed by atoms with Crippen LogP contribution in [0.1, 0.15) is 5.56 Å². The SMILES string of the molecule is COc1ccc(-c2nc3cc(C)c(Br)cn3c2N)cc1Br. The van der Waals surface area contributed by atoms with E-state index in [1.54, 1.807) is 7.11 Å². The summed E-state index contributed by atoms with van der Waals surface area (Å²) in [7, 11) is 1.64. The predicted octanol–water partition coefficient (Wildman–Crippen LogP) is 4.43. The molecule has 0 saturated heterocycles. The number of nitrogens with two attached hydrogens (primary N) is 1. The van der Waals surface area contributed by atoms with Crippen LogP contribution in [0.3, 0.4) is 0 Å². The number of aryl methyl sites for hydroxylation is 1. The van der Waals surface area contributed by atoms with Gasteiger partial charge in [-0.2, -0.15) is 0 Å². The molecule has 0 bridgehead atoms. The van der Waals surface area contributed by atoms with Crippen LogP contribution in [0, 0.1) is 6.92 Å². The molecule has 3 rings (SSSR count). The molecule has 0 aliphatic heterocycles. The quantitative estimate of drug-likeness (QED) is 0.679. The molecule has 0 aliphatic rings. The maximum atomic E-state index is 6.24. The van der Waals surface area contributed by atoms with E-state index in [4.69, 9.17) is 10.5 Å². The maximum Gasteiger partial charge on any atom is 0.139 e. The lowest BCUT2D eigenvalue weighted by Gasteiger charge is -2.05. The molecule has 0 amide bonds. The molecule has 21 heavy (non-hydrogen) atoms. The average molecular weight is 411 g/mol. The number of benzene rings is 1. The molecule has 1 aromatic carbocycles. The molecule has 0 fully saturated rings. The zero-order valence-electron chi connectivity index (χ0n) is 11.5. The van der Waals surface area contributed by atoms with Crippen LogP contribution in [0.5, 0.6) is 5.75 Å². The number of pyridine rings is 1. The first-order chi connectivity index (χ1) is 10.0. The minimum absolute atomic E-state index is 0.614. The van der Waals surface area contributed by atoms with Gasteiger partial charge in [0.2, 0.25) is 0 Å². The number of rotatable bonds is 2. The number of methoxy groups -OCH3 is 1. The third-order valence-corrected chi connectivity index (χ3v) is 4.82. The molecule has 2 aromatic heterocycles. The summed E-state index contributed by atoms with van der Waals surface area (Å²) in [6.07, 6.45) is 1.94. The first-order valence-corrected chi connectivity index (χ1v) is 7.87. The van der Waals surface area contributed by atoms with E-state index in [2.05, 4.69) is 36.8 Å². The van der Waals surface area contributed by atoms with Crippen molar-refractivity contribution >= 4 is 43.3 Å². The van der Waals surface area contributed by atoms with Crippen molar-refractivity contribution in [3.8, 4) is 17.0 Å². The molecule has 0 atom stereocenters. The third kappa shape index (κ3) is 2.42. The lowest BCUT2D eigenvalue weighted by molar-refractivity contribution is 0.412. The first-order valence-electron chi connectivity index (χ1n) is 6.29. The van der Waals surface area contributed by atoms with Crippen molar-refractivity contribution in [2.45, 2.75) is 6.92 Å². The molecule has 0 unspecified atom stereocenters. The Kier molecular flexibility index (Phi) is 3.67. The summed E-state index contributed by atoms with van der Waals surface area (Å²) in [5.74, 6) is 1.39. The monoisotopic (exact) mass is 409 g/mol. The largest absolute Gasteiger partial charge is 0.496 e. The second-order valence-electron chi connectivity index (χ2n) is 4.73. The van der Waals surface area contributed by atoms with E-state index in [1.807, 2.05) is 41.8 Å². The molecule has 0 radical (unpaired) electrons. The van der Waals surface area contributed by atoms with Gasteiger partial charge >= 0.3 is 0 Å². The number of nitrogen functional groups attached to an aromatic ring is 1. The number of ether oxygens (including phenoxy) is 1. The van der Waals surface area contributed by atoms with Gasteiger partial charge in [0.05, 0.1) is 11.6 Å². The van der Waals surface area contributed by atoms with E-state index in [0.717, 1.165) is 37.2 Å². The van der Waals surface area contributed by atoms with Crippen LogP contribution in [-0.4, -0.2) is 16.5 Å². The lowest BCUT2D eigenvalue weighted by atomic mass is 10.1. The number of hydrogen-bond acceptors (Lipinski definition) is 3. The lowest BCUT2D eigenvalue weighted by Crippen LogP contribution is -1.95. The van der Waals surface area contributed by atoms with Crippen molar-refractivity contribution in [3.63, 3.8) is 0 Å². The Morgan fingerprint density at radius 1 is 1.19 bits per heavy atom. The van der Waals surface area contributed by atoms with Crippen LogP contribution >= 0.6 is 31.9 Å². The summed E-state index contributed by atoms with van der Waals surface area (Å²) in [5.41, 5.74) is 9.90. The number of nitrogens with zero attached hydrogens (tertiary/aromatic N) is 2. The zero-order valence-corrected chi connectivity index (χ0v) is 14.7. The Morgan fingerprint density at radius 3 is 2.62 bits per heavy atom. The van der Waals surface area contributed by atoms with Gasteiger partial charge in [0.25, 0.3) is 0 Å². The van der Waals surface area contributed by atoms with Crippen LogP contribution < -0.4 is 10.5 Å². The molecule has 2 heterocycles. The van der Waals surface area contributed by atoms with Crippen LogP contribution in [0.4, 0.5) is 5.82 Å². The van der Waals surface area contributed by atoms with E-state index < -0.39 is 0 Å². The molecule has 0 spiro atoms. The molecular formula is C15H13Br2N3O. The second kappa shape index (κ2) is 5.35. The fourth-order valence-corrected chi connectivity index (χ4v) is 3.06. The summed E-state index contributed by atoms with van der Waals surface area (Å²) in [6.45, 7) is 2.03. The van der Waals surface area contributed by atoms with Crippen LogP contribution in [-0.2, 0) is 0 Å². The molecule has 0 aliphatic carbocycles. The molecule has 3 aromatic rings. The van der Waals surface area contributed by atoms with Crippen LogP contribution in [0.25, 0.3) is 16.9 Å². The molecule has 108 valence electrons. The summed E-state index contributed by atoms with van der Waals surface area (Å²) < 4.78 is 9.00. The highest BCUT2D eigenvalue weighted by atomic mass is 79.9. The number of aromatic nitrogens is 2. The van der Waals surface area contributed by atoms with Gasteiger partial charge in [0.1, 0.15) is 22.9 Å². The van der Waals surface area contributed by atoms with Crippen molar-refractivity contribution in [3.05, 3.63) is 45.0 Å². The third-order valence-electron chi connectivity index (χ3n) is 3.37. The Labute approximate surface area is 139 Å². The summed E-state index contributed by atoms with van der Waals surface area (Å²) in [4.78, 5) is 4.64. The Bertz CT molecular complexity index is 843. The van der Waals surface area contributed by atoms with Crippen molar-refractivity contribution < 1.29 is 4.74 Å². The number of fused-ring (bicyclic) bond motifs is 1. The average Bonchev–Trinajstić information content (AvgIpc) is 2.76. The minimum Gasteiger partial charge on any atom is -0.496 e. The summed E-state index contributed by atoms with van der Waals surface area (Å²) >= 11 is 7.01. The number of anilines is 1. The Hall–Kier alpha value is -1.53. The van der Waals surface area contributed by atoms with E-state index in [1.165, 1.54) is 0 Å². The molecular weight excluding hydrogens is 398 g/mol. The number of halogens is 2. The Morgan fingerprint density at radius 2 is 1.95 bits per heavy atom. The van der Waals surface area contributed by atoms with Gasteiger partial charge in [-0.3, -0.25) is 4.40 Å². The minimum atomic E-state index is 0.614. The Balaban J connectivity index is 2.21. The van der Waals surface area contributed by atoms with Crippen LogP contribution in [0.15, 0.2) is 39.4 Å². The first kappa shape index (κ1) is 14.4. The van der Waals surface area contributed by atoms with Crippen molar-refractivity contribution in [2.75, 3.05) is 12.8 Å². The summed E-state index contributed by atoms with van der Waals surface area (Å²) in [6, 6.07) is 7.80. The fourth-order valence-electron chi connectivity index (χ4n) is 2.20. The maximum absolute atomic E-state index is 6.24. The van der Waals surface area contributed by atoms with Gasteiger partial charge in [-0.1, -0.05) is 0 Å². The topological polar surface area (TPSA) is 52.5 Å². The van der Waals surface area contributed by atoms with Gasteiger partial charge < -0.3 is 10.5 Å². The van der Waals surface area contributed by atoms with E-state index in [-0.39, 0.29) is 0 Å². The number of hydrogen-bond donors (Lipinski definition) is 1. The van der Waals surface area contributed by atoms with E-state index >= 15 is 0 Å². The van der Waals surface area contributed by atoms with E-state index in [9.17, 15) is 0 Å². The molecule has 2 N–H and O–H groups in total. The normalized spacial score (nSPS) is 11.0. The van der Waals surface area contributed by atoms with Gasteiger partial charge in [-0.15, -0.1) is 0 Å². The highest BCUT2D eigenvalue weighted by Crippen LogP contribution is 2.33. The number of imidazole rings is 1. The fraction of sp³-hybridized carbons (Fsp3) is 0.133. The second-order valence-corrected chi connectivity index (χ2v) is 6.44. The van der Waals surface area contributed by atoms with Gasteiger partial charge in [0, 0.05) is 16.2 Å². The molecule has 6 heteroatoms. The standard InChI is InChI=1S/C15H13Br2N3O/c1-8-5-13-19-14(15(18)20(13)7-11(8)17)9-3-4-12(21-2)10(16)6-9/h3-7H,18H2,1-2H3.